The van der Waals surface area contributed by atoms with Crippen molar-refractivity contribution in [1.29, 1.82) is 0 Å². The highest BCUT2D eigenvalue weighted by Gasteiger charge is 2.13. The molecule has 0 spiro atoms. The molecule has 1 aromatic carbocycles. The molecule has 1 aliphatic heterocycles. The fourth-order valence-electron chi connectivity index (χ4n) is 2.00. The summed E-state index contributed by atoms with van der Waals surface area (Å²) in [6, 6.07) is 7.58. The minimum atomic E-state index is 0.590. The zero-order valence-corrected chi connectivity index (χ0v) is 10.9. The van der Waals surface area contributed by atoms with Crippen molar-refractivity contribution in [2.24, 2.45) is 5.92 Å². The lowest BCUT2D eigenvalue weighted by Crippen LogP contribution is -2.16. The summed E-state index contributed by atoms with van der Waals surface area (Å²) in [7, 11) is 1.65. The smallest absolute Gasteiger partial charge is 0.119 e. The van der Waals surface area contributed by atoms with Crippen LogP contribution in [0.15, 0.2) is 24.3 Å². The molecule has 0 saturated carbocycles. The van der Waals surface area contributed by atoms with Crippen molar-refractivity contribution < 1.29 is 14.2 Å². The summed E-state index contributed by atoms with van der Waals surface area (Å²) >= 11 is 0. The van der Waals surface area contributed by atoms with Gasteiger partial charge < -0.3 is 19.5 Å². The van der Waals surface area contributed by atoms with E-state index in [4.69, 9.17) is 14.2 Å². The highest BCUT2D eigenvalue weighted by atomic mass is 16.5. The Balaban J connectivity index is 1.56. The molecule has 0 amide bonds. The number of ether oxygens (including phenoxy) is 3. The topological polar surface area (TPSA) is 39.7 Å². The van der Waals surface area contributed by atoms with E-state index in [2.05, 4.69) is 5.32 Å². The summed E-state index contributed by atoms with van der Waals surface area (Å²) in [6.45, 7) is 4.27. The van der Waals surface area contributed by atoms with E-state index in [1.54, 1.807) is 7.11 Å². The molecule has 1 aromatic rings. The summed E-state index contributed by atoms with van der Waals surface area (Å²) in [4.78, 5) is 0. The van der Waals surface area contributed by atoms with Gasteiger partial charge in [0, 0.05) is 6.54 Å². The Morgan fingerprint density at radius 3 is 2.61 bits per heavy atom. The average Bonchev–Trinajstić information content (AvgIpc) is 2.92. The molecule has 18 heavy (non-hydrogen) atoms. The summed E-state index contributed by atoms with van der Waals surface area (Å²) in [5.41, 5.74) is 0. The van der Waals surface area contributed by atoms with Crippen molar-refractivity contribution in [1.82, 2.24) is 5.32 Å². The van der Waals surface area contributed by atoms with Crippen LogP contribution in [-0.4, -0.2) is 40.0 Å². The van der Waals surface area contributed by atoms with Gasteiger partial charge in [0.15, 0.2) is 0 Å². The Kier molecular flexibility index (Phi) is 5.30. The van der Waals surface area contributed by atoms with Gasteiger partial charge in [-0.3, -0.25) is 0 Å². The molecule has 1 heterocycles. The molecular weight excluding hydrogens is 230 g/mol. The lowest BCUT2D eigenvalue weighted by atomic mass is 10.1. The molecule has 100 valence electrons. The number of benzene rings is 1. The predicted octanol–water partition coefficient (Wildman–Crippen LogP) is 1.70. The third-order valence-corrected chi connectivity index (χ3v) is 3.07. The first-order valence-electron chi connectivity index (χ1n) is 6.44. The van der Waals surface area contributed by atoms with Gasteiger partial charge in [-0.1, -0.05) is 0 Å². The van der Waals surface area contributed by atoms with Gasteiger partial charge in [0.1, 0.15) is 18.1 Å². The third-order valence-electron chi connectivity index (χ3n) is 3.07. The van der Waals surface area contributed by atoms with Crippen LogP contribution in [-0.2, 0) is 4.74 Å². The molecule has 1 atom stereocenters. The van der Waals surface area contributed by atoms with E-state index in [0.717, 1.165) is 31.2 Å². The molecule has 2 rings (SSSR count). The van der Waals surface area contributed by atoms with Crippen molar-refractivity contribution in [3.63, 3.8) is 0 Å². The molecule has 0 bridgehead atoms. The molecule has 1 fully saturated rings. The summed E-state index contributed by atoms with van der Waals surface area (Å²) in [5, 5.41) is 3.33. The minimum Gasteiger partial charge on any atom is -0.497 e. The van der Waals surface area contributed by atoms with Crippen LogP contribution in [0.1, 0.15) is 6.42 Å². The van der Waals surface area contributed by atoms with Crippen LogP contribution < -0.4 is 14.8 Å². The molecule has 0 radical (unpaired) electrons. The Morgan fingerprint density at radius 2 is 1.94 bits per heavy atom. The van der Waals surface area contributed by atoms with Crippen LogP contribution in [0.5, 0.6) is 11.5 Å². The fourth-order valence-corrected chi connectivity index (χ4v) is 2.00. The number of hydrogen-bond donors (Lipinski definition) is 1. The molecule has 4 nitrogen and oxygen atoms in total. The maximum absolute atomic E-state index is 5.59. The molecule has 0 aromatic heterocycles. The Morgan fingerprint density at radius 1 is 1.17 bits per heavy atom. The second-order valence-corrected chi connectivity index (χ2v) is 4.46. The second-order valence-electron chi connectivity index (χ2n) is 4.46. The van der Waals surface area contributed by atoms with Gasteiger partial charge in [-0.05, 0) is 43.1 Å². The zero-order chi connectivity index (χ0) is 12.6. The van der Waals surface area contributed by atoms with E-state index in [-0.39, 0.29) is 0 Å². The van der Waals surface area contributed by atoms with Gasteiger partial charge in [0.2, 0.25) is 0 Å². The highest BCUT2D eigenvalue weighted by Crippen LogP contribution is 2.16. The normalized spacial score (nSPS) is 18.8. The average molecular weight is 251 g/mol. The molecular formula is C14H21NO3. The van der Waals surface area contributed by atoms with Crippen molar-refractivity contribution >= 4 is 0 Å². The van der Waals surface area contributed by atoms with Gasteiger partial charge >= 0.3 is 0 Å². The molecule has 4 heteroatoms. The first-order valence-corrected chi connectivity index (χ1v) is 6.44. The van der Waals surface area contributed by atoms with Crippen molar-refractivity contribution in [3.05, 3.63) is 24.3 Å². The lowest BCUT2D eigenvalue weighted by Gasteiger charge is -2.10. The van der Waals surface area contributed by atoms with Crippen LogP contribution in [0.3, 0.4) is 0 Å². The summed E-state index contributed by atoms with van der Waals surface area (Å²) in [6.07, 6.45) is 1.22. The van der Waals surface area contributed by atoms with E-state index in [1.807, 2.05) is 24.3 Å². The Bertz CT molecular complexity index is 333. The predicted molar refractivity (Wildman–Crippen MR) is 70.3 cm³/mol. The van der Waals surface area contributed by atoms with Crippen molar-refractivity contribution in [2.45, 2.75) is 6.42 Å². The van der Waals surface area contributed by atoms with Gasteiger partial charge in [-0.25, -0.2) is 0 Å². The molecule has 1 aliphatic rings. The quantitative estimate of drug-likeness (QED) is 0.749. The van der Waals surface area contributed by atoms with Gasteiger partial charge in [0.25, 0.3) is 0 Å². The van der Waals surface area contributed by atoms with Crippen molar-refractivity contribution in [2.75, 3.05) is 40.0 Å². The van der Waals surface area contributed by atoms with Crippen LogP contribution in [0.4, 0.5) is 0 Å². The van der Waals surface area contributed by atoms with Crippen LogP contribution in [0, 0.1) is 5.92 Å². The molecule has 1 unspecified atom stereocenters. The van der Waals surface area contributed by atoms with E-state index in [0.29, 0.717) is 19.1 Å². The van der Waals surface area contributed by atoms with Crippen LogP contribution in [0.2, 0.25) is 0 Å². The number of nitrogens with one attached hydrogen (secondary N) is 1. The van der Waals surface area contributed by atoms with E-state index in [1.165, 1.54) is 6.42 Å². The first kappa shape index (κ1) is 13.2. The second kappa shape index (κ2) is 7.24. The van der Waals surface area contributed by atoms with Gasteiger partial charge in [0.05, 0.1) is 20.3 Å². The number of methoxy groups -OCH3 is 1. The number of rotatable bonds is 7. The Hall–Kier alpha value is -1.26. The summed E-state index contributed by atoms with van der Waals surface area (Å²) < 4.78 is 16.3. The highest BCUT2D eigenvalue weighted by molar-refractivity contribution is 5.31. The molecule has 1 N–H and O–H groups in total. The molecule has 1 saturated heterocycles. The number of hydrogen-bond acceptors (Lipinski definition) is 4. The SMILES string of the molecule is COc1ccc(OCCOCC2CCNC2)cc1. The zero-order valence-electron chi connectivity index (χ0n) is 10.9. The third kappa shape index (κ3) is 4.20. The monoisotopic (exact) mass is 251 g/mol. The first-order chi connectivity index (χ1) is 8.88. The summed E-state index contributed by atoms with van der Waals surface area (Å²) in [5.74, 6) is 2.36. The fraction of sp³-hybridized carbons (Fsp3) is 0.571. The van der Waals surface area contributed by atoms with Gasteiger partial charge in [-0.2, -0.15) is 0 Å². The van der Waals surface area contributed by atoms with E-state index >= 15 is 0 Å². The molecule has 0 aliphatic carbocycles. The van der Waals surface area contributed by atoms with Gasteiger partial charge in [-0.15, -0.1) is 0 Å². The van der Waals surface area contributed by atoms with Crippen molar-refractivity contribution in [3.8, 4) is 11.5 Å². The Labute approximate surface area is 108 Å². The van der Waals surface area contributed by atoms with Crippen LogP contribution >= 0.6 is 0 Å². The minimum absolute atomic E-state index is 0.590. The van der Waals surface area contributed by atoms with E-state index in [9.17, 15) is 0 Å². The lowest BCUT2D eigenvalue weighted by molar-refractivity contribution is 0.0783. The maximum atomic E-state index is 5.59. The van der Waals surface area contributed by atoms with E-state index < -0.39 is 0 Å². The maximum Gasteiger partial charge on any atom is 0.119 e. The van der Waals surface area contributed by atoms with Crippen LogP contribution in [0.25, 0.3) is 0 Å². The standard InChI is InChI=1S/C14H21NO3/c1-16-13-2-4-14(5-3-13)18-9-8-17-11-12-6-7-15-10-12/h2-5,12,15H,6-11H2,1H3. The largest absolute Gasteiger partial charge is 0.497 e.